The van der Waals surface area contributed by atoms with E-state index in [0.717, 1.165) is 42.3 Å². The Labute approximate surface area is 176 Å². The van der Waals surface area contributed by atoms with Gasteiger partial charge in [0.05, 0.1) is 0 Å². The third-order valence-electron chi connectivity index (χ3n) is 5.24. The molecule has 1 atom stereocenters. The fraction of sp³-hybridized carbons (Fsp3) is 0.250. The minimum atomic E-state index is 0.0416. The van der Waals surface area contributed by atoms with Crippen molar-refractivity contribution >= 4 is 23.6 Å². The van der Waals surface area contributed by atoms with Gasteiger partial charge < -0.3 is 10.2 Å². The number of aromatic nitrogens is 3. The Morgan fingerprint density at radius 3 is 2.93 bits per heavy atom. The second kappa shape index (κ2) is 9.31. The van der Waals surface area contributed by atoms with Gasteiger partial charge in [0.25, 0.3) is 0 Å². The molecule has 0 aromatic carbocycles. The quantitative estimate of drug-likeness (QED) is 0.646. The SMILES string of the molecule is Cc1cccc(Nc2cc([C@@H]3CCCN(C(=O)/C=C/c4cccnc4)C3)ccn2)n1. The van der Waals surface area contributed by atoms with Gasteiger partial charge in [-0.05, 0) is 67.3 Å². The van der Waals surface area contributed by atoms with E-state index < -0.39 is 0 Å². The van der Waals surface area contributed by atoms with Gasteiger partial charge in [0.2, 0.25) is 5.91 Å². The Morgan fingerprint density at radius 2 is 2.10 bits per heavy atom. The predicted octanol–water partition coefficient (Wildman–Crippen LogP) is 4.34. The molecule has 0 bridgehead atoms. The summed E-state index contributed by atoms with van der Waals surface area (Å²) in [5.74, 6) is 1.88. The van der Waals surface area contributed by atoms with Crippen molar-refractivity contribution in [3.05, 3.63) is 84.0 Å². The standard InChI is InChI=1S/C24H25N5O/c1-18-5-2-8-22(27-18)28-23-15-20(11-13-26-23)21-7-4-14-29(17-21)24(30)10-9-19-6-3-12-25-16-19/h2-3,5-6,8-13,15-16,21H,4,7,14,17H2,1H3,(H,26,27,28)/b10-9+/t21-/m1/s1. The van der Waals surface area contributed by atoms with Crippen molar-refractivity contribution in [1.29, 1.82) is 0 Å². The van der Waals surface area contributed by atoms with E-state index in [1.165, 1.54) is 5.56 Å². The number of piperidine rings is 1. The van der Waals surface area contributed by atoms with E-state index in [9.17, 15) is 4.79 Å². The van der Waals surface area contributed by atoms with Gasteiger partial charge >= 0.3 is 0 Å². The minimum absolute atomic E-state index is 0.0416. The normalized spacial score (nSPS) is 16.6. The number of rotatable bonds is 5. The van der Waals surface area contributed by atoms with E-state index in [0.29, 0.717) is 12.5 Å². The molecule has 3 aromatic heterocycles. The van der Waals surface area contributed by atoms with Crippen LogP contribution in [0.2, 0.25) is 0 Å². The van der Waals surface area contributed by atoms with Crippen molar-refractivity contribution in [3.63, 3.8) is 0 Å². The lowest BCUT2D eigenvalue weighted by Gasteiger charge is -2.32. The van der Waals surface area contributed by atoms with Gasteiger partial charge in [-0.1, -0.05) is 12.1 Å². The van der Waals surface area contributed by atoms with Crippen LogP contribution in [0.5, 0.6) is 0 Å². The van der Waals surface area contributed by atoms with Crippen molar-refractivity contribution in [2.75, 3.05) is 18.4 Å². The van der Waals surface area contributed by atoms with Crippen LogP contribution in [0.1, 0.15) is 35.6 Å². The van der Waals surface area contributed by atoms with E-state index in [1.807, 2.05) is 60.5 Å². The zero-order valence-electron chi connectivity index (χ0n) is 17.0. The molecule has 0 aliphatic carbocycles. The molecule has 30 heavy (non-hydrogen) atoms. The Morgan fingerprint density at radius 1 is 1.17 bits per heavy atom. The number of aryl methyl sites for hydroxylation is 1. The summed E-state index contributed by atoms with van der Waals surface area (Å²) in [7, 11) is 0. The van der Waals surface area contributed by atoms with E-state index in [-0.39, 0.29) is 5.91 Å². The molecule has 4 heterocycles. The number of amides is 1. The number of carbonyl (C=O) groups excluding carboxylic acids is 1. The van der Waals surface area contributed by atoms with Crippen LogP contribution in [0, 0.1) is 6.92 Å². The fourth-order valence-electron chi connectivity index (χ4n) is 3.71. The highest BCUT2D eigenvalue weighted by Gasteiger charge is 2.24. The molecule has 1 N–H and O–H groups in total. The molecule has 1 aliphatic heterocycles. The molecule has 4 rings (SSSR count). The molecule has 1 fully saturated rings. The summed E-state index contributed by atoms with van der Waals surface area (Å²) >= 11 is 0. The summed E-state index contributed by atoms with van der Waals surface area (Å²) in [5.41, 5.74) is 3.07. The maximum absolute atomic E-state index is 12.7. The Balaban J connectivity index is 1.43. The summed E-state index contributed by atoms with van der Waals surface area (Å²) in [6, 6.07) is 13.8. The van der Waals surface area contributed by atoms with Crippen LogP contribution in [-0.2, 0) is 4.79 Å². The van der Waals surface area contributed by atoms with Crippen molar-refractivity contribution < 1.29 is 4.79 Å². The highest BCUT2D eigenvalue weighted by molar-refractivity contribution is 5.91. The highest BCUT2D eigenvalue weighted by Crippen LogP contribution is 2.28. The van der Waals surface area contributed by atoms with Gasteiger partial charge in [0, 0.05) is 49.4 Å². The number of pyridine rings is 3. The molecule has 1 amide bonds. The van der Waals surface area contributed by atoms with Crippen molar-refractivity contribution in [3.8, 4) is 0 Å². The molecule has 6 heteroatoms. The molecule has 3 aromatic rings. The molecule has 6 nitrogen and oxygen atoms in total. The third-order valence-corrected chi connectivity index (χ3v) is 5.24. The lowest BCUT2D eigenvalue weighted by molar-refractivity contribution is -0.127. The first-order valence-electron chi connectivity index (χ1n) is 10.2. The van der Waals surface area contributed by atoms with E-state index in [1.54, 1.807) is 18.5 Å². The third kappa shape index (κ3) is 5.08. The monoisotopic (exact) mass is 399 g/mol. The lowest BCUT2D eigenvalue weighted by Crippen LogP contribution is -2.38. The molecule has 1 saturated heterocycles. The van der Waals surface area contributed by atoms with Gasteiger partial charge in [0.15, 0.2) is 0 Å². The molecule has 152 valence electrons. The molecule has 0 spiro atoms. The highest BCUT2D eigenvalue weighted by atomic mass is 16.2. The smallest absolute Gasteiger partial charge is 0.246 e. The fourth-order valence-corrected chi connectivity index (χ4v) is 3.71. The second-order valence-corrected chi connectivity index (χ2v) is 7.51. The Hall–Kier alpha value is -3.54. The summed E-state index contributed by atoms with van der Waals surface area (Å²) in [6.45, 7) is 3.46. The molecular formula is C24H25N5O. The number of likely N-dealkylation sites (tertiary alicyclic amines) is 1. The van der Waals surface area contributed by atoms with E-state index >= 15 is 0 Å². The van der Waals surface area contributed by atoms with E-state index in [4.69, 9.17) is 0 Å². The number of anilines is 2. The number of carbonyl (C=O) groups is 1. The average molecular weight is 399 g/mol. The maximum atomic E-state index is 12.7. The Kier molecular flexibility index (Phi) is 6.13. The van der Waals surface area contributed by atoms with Crippen LogP contribution in [0.25, 0.3) is 6.08 Å². The topological polar surface area (TPSA) is 71.0 Å². The number of hydrogen-bond acceptors (Lipinski definition) is 5. The van der Waals surface area contributed by atoms with Crippen LogP contribution in [0.4, 0.5) is 11.6 Å². The zero-order chi connectivity index (χ0) is 20.8. The number of nitrogens with one attached hydrogen (secondary N) is 1. The molecule has 0 radical (unpaired) electrons. The summed E-state index contributed by atoms with van der Waals surface area (Å²) in [6.07, 6.45) is 10.8. The van der Waals surface area contributed by atoms with E-state index in [2.05, 4.69) is 26.3 Å². The van der Waals surface area contributed by atoms with Crippen LogP contribution in [-0.4, -0.2) is 38.8 Å². The summed E-state index contributed by atoms with van der Waals surface area (Å²) in [5, 5.41) is 3.28. The molecule has 1 aliphatic rings. The number of nitrogens with zero attached hydrogens (tertiary/aromatic N) is 4. The van der Waals surface area contributed by atoms with Gasteiger partial charge in [-0.15, -0.1) is 0 Å². The van der Waals surface area contributed by atoms with Crippen LogP contribution >= 0.6 is 0 Å². The van der Waals surface area contributed by atoms with Crippen molar-refractivity contribution in [1.82, 2.24) is 19.9 Å². The van der Waals surface area contributed by atoms with Gasteiger partial charge in [-0.25, -0.2) is 9.97 Å². The Bertz CT molecular complexity index is 1030. The van der Waals surface area contributed by atoms with Crippen LogP contribution < -0.4 is 5.32 Å². The van der Waals surface area contributed by atoms with Gasteiger partial charge in [0.1, 0.15) is 11.6 Å². The van der Waals surface area contributed by atoms with Crippen LogP contribution in [0.15, 0.2) is 67.1 Å². The predicted molar refractivity (Wildman–Crippen MR) is 118 cm³/mol. The average Bonchev–Trinajstić information content (AvgIpc) is 2.78. The number of hydrogen-bond donors (Lipinski definition) is 1. The van der Waals surface area contributed by atoms with Gasteiger partial charge in [-0.3, -0.25) is 9.78 Å². The lowest BCUT2D eigenvalue weighted by atomic mass is 9.91. The minimum Gasteiger partial charge on any atom is -0.339 e. The van der Waals surface area contributed by atoms with Crippen LogP contribution in [0.3, 0.4) is 0 Å². The summed E-state index contributed by atoms with van der Waals surface area (Å²) < 4.78 is 0. The van der Waals surface area contributed by atoms with Gasteiger partial charge in [-0.2, -0.15) is 0 Å². The first-order valence-corrected chi connectivity index (χ1v) is 10.2. The molecule has 0 unspecified atom stereocenters. The molecule has 0 saturated carbocycles. The second-order valence-electron chi connectivity index (χ2n) is 7.51. The first kappa shape index (κ1) is 19.8. The zero-order valence-corrected chi connectivity index (χ0v) is 17.0. The molecular weight excluding hydrogens is 374 g/mol. The van der Waals surface area contributed by atoms with Crippen molar-refractivity contribution in [2.45, 2.75) is 25.7 Å². The van der Waals surface area contributed by atoms with Crippen molar-refractivity contribution in [2.24, 2.45) is 0 Å². The largest absolute Gasteiger partial charge is 0.339 e. The maximum Gasteiger partial charge on any atom is 0.246 e. The summed E-state index contributed by atoms with van der Waals surface area (Å²) in [4.78, 5) is 27.6. The first-order chi connectivity index (χ1) is 14.7.